The van der Waals surface area contributed by atoms with Gasteiger partial charge >= 0.3 is 0 Å². The van der Waals surface area contributed by atoms with Gasteiger partial charge in [0.1, 0.15) is 11.8 Å². The van der Waals surface area contributed by atoms with E-state index in [4.69, 9.17) is 28.3 Å². The van der Waals surface area contributed by atoms with E-state index in [9.17, 15) is 9.59 Å². The fourth-order valence-corrected chi connectivity index (χ4v) is 2.61. The molecule has 1 aromatic heterocycles. The van der Waals surface area contributed by atoms with Gasteiger partial charge in [-0.05, 0) is 29.8 Å². The summed E-state index contributed by atoms with van der Waals surface area (Å²) in [5.41, 5.74) is 2.33. The summed E-state index contributed by atoms with van der Waals surface area (Å²) < 4.78 is 1.67. The second kappa shape index (κ2) is 10.1. The number of aromatic nitrogens is 1. The van der Waals surface area contributed by atoms with Crippen molar-refractivity contribution in [3.8, 4) is 0 Å². The molecule has 1 amide bonds. The lowest BCUT2D eigenvalue weighted by molar-refractivity contribution is -0.105. The van der Waals surface area contributed by atoms with Crippen LogP contribution in [0.25, 0.3) is 0 Å². The molecule has 0 aliphatic rings. The third-order valence-electron chi connectivity index (χ3n) is 3.67. The Kier molecular flexibility index (Phi) is 7.79. The number of aliphatic hydroxyl groups excluding tert-OH is 1. The van der Waals surface area contributed by atoms with Crippen LogP contribution in [0.2, 0.25) is 10.0 Å². The minimum Gasteiger partial charge on any atom is -0.395 e. The van der Waals surface area contributed by atoms with Crippen molar-refractivity contribution in [1.29, 1.82) is 0 Å². The normalized spacial score (nSPS) is 12.1. The van der Waals surface area contributed by atoms with Gasteiger partial charge < -0.3 is 15.0 Å². The number of carbonyl (C=O) groups is 2. The van der Waals surface area contributed by atoms with Gasteiger partial charge in [0.25, 0.3) is 5.91 Å². The number of hydrogen-bond donors (Lipinski definition) is 2. The largest absolute Gasteiger partial charge is 0.395 e. The molecule has 0 unspecified atom stereocenters. The van der Waals surface area contributed by atoms with Gasteiger partial charge in [0.05, 0.1) is 22.2 Å². The summed E-state index contributed by atoms with van der Waals surface area (Å²) in [7, 11) is 1.75. The van der Waals surface area contributed by atoms with Crippen molar-refractivity contribution >= 4 is 35.4 Å². The van der Waals surface area contributed by atoms with Crippen LogP contribution in [-0.2, 0) is 18.3 Å². The van der Waals surface area contributed by atoms with Crippen molar-refractivity contribution in [2.45, 2.75) is 6.42 Å². The van der Waals surface area contributed by atoms with Crippen molar-refractivity contribution in [2.24, 2.45) is 12.0 Å². The van der Waals surface area contributed by atoms with Crippen molar-refractivity contribution < 1.29 is 14.7 Å². The van der Waals surface area contributed by atoms with E-state index in [-0.39, 0.29) is 19.1 Å². The van der Waals surface area contributed by atoms with Gasteiger partial charge in [0.15, 0.2) is 0 Å². The second-order valence-corrected chi connectivity index (χ2v) is 6.56. The average Bonchev–Trinajstić information content (AvgIpc) is 2.66. The Bertz CT molecular complexity index is 936. The van der Waals surface area contributed by atoms with Crippen LogP contribution in [0, 0.1) is 0 Å². The molecule has 0 aliphatic heterocycles. The highest BCUT2D eigenvalue weighted by Crippen LogP contribution is 2.23. The molecule has 0 radical (unpaired) electrons. The molecule has 2 rings (SSSR count). The van der Waals surface area contributed by atoms with Gasteiger partial charge in [0, 0.05) is 38.0 Å². The maximum Gasteiger partial charge on any atom is 0.252 e. The van der Waals surface area contributed by atoms with Gasteiger partial charge in [-0.2, -0.15) is 0 Å². The molecule has 2 aromatic rings. The third kappa shape index (κ3) is 6.06. The first-order valence-electron chi connectivity index (χ1n) is 8.12. The predicted octanol–water partition coefficient (Wildman–Crippen LogP) is 2.28. The van der Waals surface area contributed by atoms with Crippen LogP contribution in [-0.4, -0.2) is 35.0 Å². The smallest absolute Gasteiger partial charge is 0.252 e. The minimum atomic E-state index is -0.282. The highest BCUT2D eigenvalue weighted by molar-refractivity contribution is 6.42. The third-order valence-corrected chi connectivity index (χ3v) is 4.41. The molecule has 0 atom stereocenters. The summed E-state index contributed by atoms with van der Waals surface area (Å²) in [4.78, 5) is 27.5. The van der Waals surface area contributed by atoms with E-state index < -0.39 is 0 Å². The van der Waals surface area contributed by atoms with Crippen molar-refractivity contribution in [3.63, 3.8) is 0 Å². The first-order chi connectivity index (χ1) is 12.9. The molecule has 8 heteroatoms. The number of aryl methyl sites for hydroxylation is 1. The van der Waals surface area contributed by atoms with E-state index in [1.807, 2.05) is 0 Å². The maximum atomic E-state index is 11.9. The molecule has 1 aromatic carbocycles. The van der Waals surface area contributed by atoms with Crippen LogP contribution >= 0.6 is 23.2 Å². The summed E-state index contributed by atoms with van der Waals surface area (Å²) in [6.07, 6.45) is 4.22. The molecule has 1 heterocycles. The van der Waals surface area contributed by atoms with Crippen LogP contribution < -0.4 is 10.8 Å². The Balaban J connectivity index is 2.21. The number of amides is 1. The Morgan fingerprint density at radius 1 is 1.26 bits per heavy atom. The Labute approximate surface area is 166 Å². The number of allylic oxidation sites excluding steroid dienone is 1. The van der Waals surface area contributed by atoms with Gasteiger partial charge in [0.2, 0.25) is 0 Å². The summed E-state index contributed by atoms with van der Waals surface area (Å²) in [5.74, 6) is -0.282. The fourth-order valence-electron chi connectivity index (χ4n) is 2.29. The van der Waals surface area contributed by atoms with Gasteiger partial charge in [-0.1, -0.05) is 29.3 Å². The predicted molar refractivity (Wildman–Crippen MR) is 105 cm³/mol. The topological polar surface area (TPSA) is 83.7 Å². The van der Waals surface area contributed by atoms with Gasteiger partial charge in [-0.3, -0.25) is 9.59 Å². The summed E-state index contributed by atoms with van der Waals surface area (Å²) in [5, 5.41) is 12.2. The Morgan fingerprint density at radius 2 is 2.04 bits per heavy atom. The fraction of sp³-hybridized carbons (Fsp3) is 0.211. The number of rotatable bonds is 7. The number of pyridine rings is 1. The number of nitrogens with zero attached hydrogens (tertiary/aromatic N) is 2. The highest BCUT2D eigenvalue weighted by Gasteiger charge is 2.05. The molecule has 0 spiro atoms. The van der Waals surface area contributed by atoms with E-state index in [0.29, 0.717) is 33.1 Å². The van der Waals surface area contributed by atoms with Gasteiger partial charge in [-0.15, -0.1) is 0 Å². The van der Waals surface area contributed by atoms with Crippen molar-refractivity contribution in [1.82, 2.24) is 9.88 Å². The van der Waals surface area contributed by atoms with E-state index in [1.54, 1.807) is 48.1 Å². The number of aliphatic hydroxyl groups is 1. The molecular weight excluding hydrogens is 389 g/mol. The molecule has 27 heavy (non-hydrogen) atoms. The number of aldehydes is 1. The summed E-state index contributed by atoms with van der Waals surface area (Å²) in [6.45, 7) is 0.0677. The van der Waals surface area contributed by atoms with Crippen LogP contribution in [0.4, 0.5) is 0 Å². The molecule has 0 saturated heterocycles. The zero-order valence-corrected chi connectivity index (χ0v) is 16.2. The van der Waals surface area contributed by atoms with Crippen LogP contribution in [0.5, 0.6) is 0 Å². The lowest BCUT2D eigenvalue weighted by Gasteiger charge is -2.06. The first-order valence-corrected chi connectivity index (χ1v) is 8.88. The Hall–Kier alpha value is -2.41. The quantitative estimate of drug-likeness (QED) is 0.545. The molecule has 142 valence electrons. The second-order valence-electron chi connectivity index (χ2n) is 5.74. The number of benzene rings is 1. The first kappa shape index (κ1) is 20.9. The molecular formula is C19H19Cl2N3O3. The molecule has 6 nitrogen and oxygen atoms in total. The van der Waals surface area contributed by atoms with Crippen LogP contribution in [0.3, 0.4) is 0 Å². The highest BCUT2D eigenvalue weighted by atomic mass is 35.5. The standard InChI is InChI=1S/C19H19Cl2N3O3/c1-24-11-15(19(27)22-6-7-25)3-5-18(24)23-10-14(12-26)8-13-2-4-16(20)17(21)9-13/h2-5,9-12,25H,6-8H2,1H3,(H,22,27)/b14-10-,23-18?. The van der Waals surface area contributed by atoms with E-state index in [2.05, 4.69) is 10.3 Å². The molecule has 0 fully saturated rings. The molecule has 0 bridgehead atoms. The minimum absolute atomic E-state index is 0.122. The van der Waals surface area contributed by atoms with Crippen molar-refractivity contribution in [2.75, 3.05) is 13.2 Å². The van der Waals surface area contributed by atoms with Crippen LogP contribution in [0.15, 0.2) is 53.3 Å². The lowest BCUT2D eigenvalue weighted by atomic mass is 10.1. The van der Waals surface area contributed by atoms with Gasteiger partial charge in [-0.25, -0.2) is 4.99 Å². The average molecular weight is 408 g/mol. The number of carbonyl (C=O) groups excluding carboxylic acids is 2. The van der Waals surface area contributed by atoms with E-state index >= 15 is 0 Å². The van der Waals surface area contributed by atoms with E-state index in [1.165, 1.54) is 6.20 Å². The molecule has 0 aliphatic carbocycles. The molecule has 2 N–H and O–H groups in total. The summed E-state index contributed by atoms with van der Waals surface area (Å²) in [6, 6.07) is 8.48. The van der Waals surface area contributed by atoms with Crippen molar-refractivity contribution in [3.05, 3.63) is 75.0 Å². The monoisotopic (exact) mass is 407 g/mol. The maximum absolute atomic E-state index is 11.9. The zero-order chi connectivity index (χ0) is 19.8. The zero-order valence-electron chi connectivity index (χ0n) is 14.7. The number of halogens is 2. The molecule has 0 saturated carbocycles. The Morgan fingerprint density at radius 3 is 2.67 bits per heavy atom. The number of nitrogens with one attached hydrogen (secondary N) is 1. The lowest BCUT2D eigenvalue weighted by Crippen LogP contribution is -2.28. The number of hydrogen-bond acceptors (Lipinski definition) is 4. The SMILES string of the molecule is Cn1cc(C(=O)NCCO)ccc1=N/C=C(\C=O)Cc1ccc(Cl)c(Cl)c1. The summed E-state index contributed by atoms with van der Waals surface area (Å²) >= 11 is 11.9. The van der Waals surface area contributed by atoms with Crippen LogP contribution in [0.1, 0.15) is 15.9 Å². The van der Waals surface area contributed by atoms with E-state index in [0.717, 1.165) is 11.8 Å².